The number of anilines is 1. The minimum Gasteiger partial charge on any atom is -0.323 e. The van der Waals surface area contributed by atoms with Gasteiger partial charge in [0.05, 0.1) is 5.69 Å². The molecule has 1 atom stereocenters. The highest BCUT2D eigenvalue weighted by molar-refractivity contribution is 7.14. The summed E-state index contributed by atoms with van der Waals surface area (Å²) in [5, 5.41) is 5.26. The molecule has 2 rings (SSSR count). The lowest BCUT2D eigenvalue weighted by molar-refractivity contribution is 0.102. The van der Waals surface area contributed by atoms with E-state index in [4.69, 9.17) is 5.73 Å². The fourth-order valence-corrected chi connectivity index (χ4v) is 2.51. The van der Waals surface area contributed by atoms with Crippen molar-refractivity contribution in [1.82, 2.24) is 4.98 Å². The number of carbonyl (C=O) groups is 1. The van der Waals surface area contributed by atoms with Gasteiger partial charge in [-0.1, -0.05) is 17.7 Å². The molecule has 0 radical (unpaired) electrons. The van der Waals surface area contributed by atoms with Gasteiger partial charge in [-0.25, -0.2) is 4.98 Å². The van der Waals surface area contributed by atoms with Crippen molar-refractivity contribution in [3.8, 4) is 0 Å². The van der Waals surface area contributed by atoms with Gasteiger partial charge < -0.3 is 5.73 Å². The molecule has 0 bridgehead atoms. The van der Waals surface area contributed by atoms with Crippen LogP contribution in [-0.2, 0) is 0 Å². The second kappa shape index (κ2) is 5.50. The molecule has 1 aromatic heterocycles. The van der Waals surface area contributed by atoms with Crippen LogP contribution >= 0.6 is 11.3 Å². The fourth-order valence-electron chi connectivity index (χ4n) is 1.70. The second-order valence-corrected chi connectivity index (χ2v) is 5.50. The maximum Gasteiger partial charge on any atom is 0.257 e. The number of carbonyl (C=O) groups excluding carboxylic acids is 1. The average Bonchev–Trinajstić information content (AvgIpc) is 2.80. The van der Waals surface area contributed by atoms with E-state index in [1.54, 1.807) is 0 Å². The van der Waals surface area contributed by atoms with Crippen molar-refractivity contribution in [2.45, 2.75) is 26.8 Å². The van der Waals surface area contributed by atoms with E-state index in [0.29, 0.717) is 10.7 Å². The van der Waals surface area contributed by atoms with E-state index in [2.05, 4.69) is 10.3 Å². The van der Waals surface area contributed by atoms with E-state index in [1.807, 2.05) is 44.4 Å². The number of rotatable bonds is 3. The molecule has 5 heteroatoms. The number of nitrogens with two attached hydrogens (primary N) is 1. The zero-order valence-electron chi connectivity index (χ0n) is 11.2. The molecule has 0 aliphatic rings. The van der Waals surface area contributed by atoms with Gasteiger partial charge in [0, 0.05) is 17.0 Å². The summed E-state index contributed by atoms with van der Waals surface area (Å²) in [7, 11) is 0. The van der Waals surface area contributed by atoms with Crippen LogP contribution in [0.5, 0.6) is 0 Å². The van der Waals surface area contributed by atoms with Crippen molar-refractivity contribution >= 4 is 22.4 Å². The minimum absolute atomic E-state index is 0.123. The number of hydrogen-bond donors (Lipinski definition) is 2. The van der Waals surface area contributed by atoms with Gasteiger partial charge in [0.25, 0.3) is 5.91 Å². The molecular formula is C14H17N3OS. The molecule has 0 saturated heterocycles. The number of nitrogens with one attached hydrogen (secondary N) is 1. The Morgan fingerprint density at radius 1 is 1.42 bits per heavy atom. The molecule has 4 nitrogen and oxygen atoms in total. The molecule has 2 aromatic rings. The predicted molar refractivity (Wildman–Crippen MR) is 78.6 cm³/mol. The van der Waals surface area contributed by atoms with Crippen LogP contribution < -0.4 is 11.1 Å². The van der Waals surface area contributed by atoms with Crippen LogP contribution in [0.25, 0.3) is 0 Å². The van der Waals surface area contributed by atoms with Crippen molar-refractivity contribution in [2.75, 3.05) is 5.32 Å². The predicted octanol–water partition coefficient (Wildman–Crippen LogP) is 3.03. The number of aromatic nitrogens is 1. The summed E-state index contributed by atoms with van der Waals surface area (Å²) in [5.41, 5.74) is 9.23. The molecule has 0 spiro atoms. The molecule has 100 valence electrons. The highest BCUT2D eigenvalue weighted by atomic mass is 32.1. The summed E-state index contributed by atoms with van der Waals surface area (Å²) in [6.07, 6.45) is 0. The number of thiazole rings is 1. The molecule has 1 amide bonds. The Morgan fingerprint density at radius 3 is 2.79 bits per heavy atom. The Kier molecular flexibility index (Phi) is 3.97. The molecule has 1 aromatic carbocycles. The van der Waals surface area contributed by atoms with Gasteiger partial charge in [-0.15, -0.1) is 11.3 Å². The van der Waals surface area contributed by atoms with Gasteiger partial charge >= 0.3 is 0 Å². The molecule has 1 heterocycles. The molecule has 0 aliphatic carbocycles. The normalized spacial score (nSPS) is 12.2. The van der Waals surface area contributed by atoms with Gasteiger partial charge in [0.2, 0.25) is 0 Å². The highest BCUT2D eigenvalue weighted by Crippen LogP contribution is 2.20. The molecule has 0 aliphatic heterocycles. The molecule has 1 unspecified atom stereocenters. The number of amides is 1. The van der Waals surface area contributed by atoms with E-state index < -0.39 is 0 Å². The quantitative estimate of drug-likeness (QED) is 0.904. The smallest absolute Gasteiger partial charge is 0.257 e. The average molecular weight is 275 g/mol. The van der Waals surface area contributed by atoms with Gasteiger partial charge in [-0.05, 0) is 32.4 Å². The summed E-state index contributed by atoms with van der Waals surface area (Å²) >= 11 is 1.39. The lowest BCUT2D eigenvalue weighted by Crippen LogP contribution is -2.14. The Labute approximate surface area is 116 Å². The number of aryl methyl sites for hydroxylation is 2. The fraction of sp³-hybridized carbons (Fsp3) is 0.286. The summed E-state index contributed by atoms with van der Waals surface area (Å²) in [6, 6.07) is 5.69. The Morgan fingerprint density at radius 2 is 2.16 bits per heavy atom. The van der Waals surface area contributed by atoms with Crippen LogP contribution in [0.15, 0.2) is 23.6 Å². The Bertz CT molecular complexity index is 604. The number of benzene rings is 1. The summed E-state index contributed by atoms with van der Waals surface area (Å²) in [5.74, 6) is -0.133. The number of hydrogen-bond acceptors (Lipinski definition) is 4. The lowest BCUT2D eigenvalue weighted by Gasteiger charge is -2.06. The third-order valence-electron chi connectivity index (χ3n) is 2.85. The van der Waals surface area contributed by atoms with Crippen LogP contribution in [0.3, 0.4) is 0 Å². The largest absolute Gasteiger partial charge is 0.323 e. The third kappa shape index (κ3) is 3.19. The zero-order chi connectivity index (χ0) is 14.0. The summed E-state index contributed by atoms with van der Waals surface area (Å²) in [6.45, 7) is 5.75. The standard InChI is InChI=1S/C14H17N3OS/c1-8-4-5-9(2)11(6-8)13(18)17-14-16-12(7-19-14)10(3)15/h4-7,10H,15H2,1-3H3,(H,16,17,18). The second-order valence-electron chi connectivity index (χ2n) is 4.64. The maximum absolute atomic E-state index is 12.2. The third-order valence-corrected chi connectivity index (χ3v) is 3.62. The van der Waals surface area contributed by atoms with Crippen molar-refractivity contribution < 1.29 is 4.79 Å². The van der Waals surface area contributed by atoms with Crippen LogP contribution in [-0.4, -0.2) is 10.9 Å². The summed E-state index contributed by atoms with van der Waals surface area (Å²) < 4.78 is 0. The summed E-state index contributed by atoms with van der Waals surface area (Å²) in [4.78, 5) is 16.5. The first-order valence-corrected chi connectivity index (χ1v) is 6.95. The van der Waals surface area contributed by atoms with E-state index >= 15 is 0 Å². The molecule has 3 N–H and O–H groups in total. The minimum atomic E-state index is -0.133. The van der Waals surface area contributed by atoms with E-state index in [9.17, 15) is 4.79 Å². The van der Waals surface area contributed by atoms with Crippen molar-refractivity contribution in [1.29, 1.82) is 0 Å². The van der Waals surface area contributed by atoms with Crippen molar-refractivity contribution in [3.63, 3.8) is 0 Å². The Hall–Kier alpha value is -1.72. The maximum atomic E-state index is 12.2. The highest BCUT2D eigenvalue weighted by Gasteiger charge is 2.12. The van der Waals surface area contributed by atoms with Crippen molar-refractivity contribution in [3.05, 3.63) is 46.0 Å². The van der Waals surface area contributed by atoms with Gasteiger partial charge in [-0.3, -0.25) is 10.1 Å². The van der Waals surface area contributed by atoms with Gasteiger partial charge in [0.1, 0.15) is 0 Å². The van der Waals surface area contributed by atoms with Gasteiger partial charge in [-0.2, -0.15) is 0 Å². The lowest BCUT2D eigenvalue weighted by atomic mass is 10.1. The first kappa shape index (κ1) is 13.7. The van der Waals surface area contributed by atoms with Crippen LogP contribution in [0.2, 0.25) is 0 Å². The zero-order valence-corrected chi connectivity index (χ0v) is 12.0. The Balaban J connectivity index is 2.18. The van der Waals surface area contributed by atoms with E-state index in [-0.39, 0.29) is 11.9 Å². The first-order chi connectivity index (χ1) is 8.97. The van der Waals surface area contributed by atoms with Crippen LogP contribution in [0.4, 0.5) is 5.13 Å². The van der Waals surface area contributed by atoms with Crippen molar-refractivity contribution in [2.24, 2.45) is 5.73 Å². The molecular weight excluding hydrogens is 258 g/mol. The van der Waals surface area contributed by atoms with E-state index in [1.165, 1.54) is 11.3 Å². The monoisotopic (exact) mass is 275 g/mol. The topological polar surface area (TPSA) is 68.0 Å². The first-order valence-electron chi connectivity index (χ1n) is 6.07. The van der Waals surface area contributed by atoms with E-state index in [0.717, 1.165) is 16.8 Å². The molecule has 0 saturated carbocycles. The van der Waals surface area contributed by atoms with Crippen LogP contribution in [0, 0.1) is 13.8 Å². The molecule has 0 fully saturated rings. The van der Waals surface area contributed by atoms with Crippen LogP contribution in [0.1, 0.15) is 40.1 Å². The molecule has 19 heavy (non-hydrogen) atoms. The SMILES string of the molecule is Cc1ccc(C)c(C(=O)Nc2nc(C(C)N)cs2)c1. The van der Waals surface area contributed by atoms with Gasteiger partial charge in [0.15, 0.2) is 5.13 Å². The number of nitrogens with zero attached hydrogens (tertiary/aromatic N) is 1.